The van der Waals surface area contributed by atoms with Crippen LogP contribution in [0.15, 0.2) is 60.7 Å². The summed E-state index contributed by atoms with van der Waals surface area (Å²) in [5, 5.41) is 9.00. The van der Waals surface area contributed by atoms with Crippen molar-refractivity contribution in [2.45, 2.75) is 26.3 Å². The summed E-state index contributed by atoms with van der Waals surface area (Å²) in [5.41, 5.74) is 2.91. The van der Waals surface area contributed by atoms with Crippen LogP contribution in [0.3, 0.4) is 0 Å². The van der Waals surface area contributed by atoms with E-state index in [4.69, 9.17) is 4.74 Å². The van der Waals surface area contributed by atoms with Crippen molar-refractivity contribution in [3.8, 4) is 0 Å². The number of ether oxygens (including phenoxy) is 1. The molecule has 3 rings (SSSR count). The van der Waals surface area contributed by atoms with Crippen LogP contribution in [0.5, 0.6) is 0 Å². The molecule has 0 bridgehead atoms. The lowest BCUT2D eigenvalue weighted by atomic mass is 9.99. The number of esters is 1. The number of benzene rings is 2. The highest BCUT2D eigenvalue weighted by Gasteiger charge is 2.26. The zero-order valence-corrected chi connectivity index (χ0v) is 20.3. The lowest BCUT2D eigenvalue weighted by Gasteiger charge is -2.19. The zero-order chi connectivity index (χ0) is 24.5. The molecule has 8 heteroatoms. The van der Waals surface area contributed by atoms with Crippen LogP contribution in [0.1, 0.15) is 49.7 Å². The second-order valence-electron chi connectivity index (χ2n) is 7.64. The number of amides is 2. The molecule has 0 aliphatic rings. The summed E-state index contributed by atoms with van der Waals surface area (Å²) in [4.78, 5) is 38.0. The van der Waals surface area contributed by atoms with Gasteiger partial charge in [0.1, 0.15) is 5.00 Å². The van der Waals surface area contributed by atoms with Crippen LogP contribution in [0.2, 0.25) is 0 Å². The van der Waals surface area contributed by atoms with E-state index in [0.717, 1.165) is 22.5 Å². The molecule has 0 radical (unpaired) electrons. The maximum atomic E-state index is 12.9. The molecule has 0 saturated carbocycles. The Bertz CT molecular complexity index is 1130. The molecule has 178 valence electrons. The van der Waals surface area contributed by atoms with E-state index in [1.54, 1.807) is 13.8 Å². The van der Waals surface area contributed by atoms with Crippen molar-refractivity contribution in [2.75, 3.05) is 25.5 Å². The van der Waals surface area contributed by atoms with Crippen molar-refractivity contribution in [3.63, 3.8) is 0 Å². The van der Waals surface area contributed by atoms with Gasteiger partial charge in [0.15, 0.2) is 0 Å². The Balaban J connectivity index is 1.77. The van der Waals surface area contributed by atoms with Crippen LogP contribution in [0.4, 0.5) is 5.00 Å². The first-order valence-electron chi connectivity index (χ1n) is 11.1. The average Bonchev–Trinajstić information content (AvgIpc) is 3.18. The molecular weight excluding hydrogens is 450 g/mol. The molecule has 0 aliphatic heterocycles. The molecule has 0 unspecified atom stereocenters. The van der Waals surface area contributed by atoms with Gasteiger partial charge in [-0.05, 0) is 37.0 Å². The summed E-state index contributed by atoms with van der Waals surface area (Å²) in [7, 11) is 1.52. The molecule has 1 atom stereocenters. The first kappa shape index (κ1) is 25.1. The van der Waals surface area contributed by atoms with Gasteiger partial charge in [-0.1, -0.05) is 60.7 Å². The smallest absolute Gasteiger partial charge is 0.341 e. The lowest BCUT2D eigenvalue weighted by Crippen LogP contribution is -2.32. The van der Waals surface area contributed by atoms with Gasteiger partial charge in [0, 0.05) is 13.1 Å². The number of nitrogens with one attached hydrogen (secondary N) is 3. The molecular formula is C26H29N3O4S. The highest BCUT2D eigenvalue weighted by atomic mass is 32.1. The number of carbonyl (C=O) groups is 3. The number of anilines is 1. The normalized spacial score (nSPS) is 11.5. The van der Waals surface area contributed by atoms with E-state index in [1.807, 2.05) is 48.5 Å². The van der Waals surface area contributed by atoms with E-state index in [9.17, 15) is 14.4 Å². The topological polar surface area (TPSA) is 96.5 Å². The molecule has 0 saturated heterocycles. The van der Waals surface area contributed by atoms with Gasteiger partial charge in [0.05, 0.1) is 23.6 Å². The third-order valence-electron chi connectivity index (χ3n) is 5.31. The standard InChI is InChI=1S/C26H29N3O4S/c1-4-33-26(32)22-17(2)23(24(31)27-3)34-25(22)29-21(30)16-28-20(19-13-9-6-10-14-19)15-18-11-7-5-8-12-18/h5-14,20,28H,4,15-16H2,1-3H3,(H,27,31)(H,29,30)/t20-/m1/s1. The fourth-order valence-electron chi connectivity index (χ4n) is 3.61. The molecule has 1 aromatic heterocycles. The average molecular weight is 480 g/mol. The molecule has 7 nitrogen and oxygen atoms in total. The largest absolute Gasteiger partial charge is 0.462 e. The molecule has 3 aromatic rings. The molecule has 1 heterocycles. The van der Waals surface area contributed by atoms with Crippen molar-refractivity contribution >= 4 is 34.1 Å². The second-order valence-corrected chi connectivity index (χ2v) is 8.66. The maximum Gasteiger partial charge on any atom is 0.341 e. The minimum atomic E-state index is -0.569. The fourth-order valence-corrected chi connectivity index (χ4v) is 4.77. The number of thiophene rings is 1. The van der Waals surface area contributed by atoms with Crippen LogP contribution < -0.4 is 16.0 Å². The SMILES string of the molecule is CCOC(=O)c1c(NC(=O)CN[C@H](Cc2ccccc2)c2ccccc2)sc(C(=O)NC)c1C. The van der Waals surface area contributed by atoms with Gasteiger partial charge in [0.2, 0.25) is 5.91 Å². The highest BCUT2D eigenvalue weighted by Crippen LogP contribution is 2.33. The van der Waals surface area contributed by atoms with E-state index in [-0.39, 0.29) is 36.6 Å². The van der Waals surface area contributed by atoms with E-state index in [2.05, 4.69) is 28.1 Å². The Hall–Kier alpha value is -3.49. The highest BCUT2D eigenvalue weighted by molar-refractivity contribution is 7.18. The Labute approximate surface area is 203 Å². The van der Waals surface area contributed by atoms with Gasteiger partial charge in [-0.15, -0.1) is 11.3 Å². The van der Waals surface area contributed by atoms with Gasteiger partial charge >= 0.3 is 5.97 Å². The second kappa shape index (κ2) is 12.1. The summed E-state index contributed by atoms with van der Waals surface area (Å²) in [6.07, 6.45) is 0.713. The van der Waals surface area contributed by atoms with Crippen LogP contribution in [0, 0.1) is 6.92 Å². The van der Waals surface area contributed by atoms with Crippen molar-refractivity contribution in [2.24, 2.45) is 0 Å². The van der Waals surface area contributed by atoms with Crippen LogP contribution >= 0.6 is 11.3 Å². The quantitative estimate of drug-likeness (QED) is 0.381. The maximum absolute atomic E-state index is 12.9. The van der Waals surface area contributed by atoms with Crippen molar-refractivity contribution in [1.29, 1.82) is 0 Å². The summed E-state index contributed by atoms with van der Waals surface area (Å²) >= 11 is 1.06. The van der Waals surface area contributed by atoms with E-state index in [0.29, 0.717) is 21.9 Å². The Morgan fingerprint density at radius 1 is 1.00 bits per heavy atom. The van der Waals surface area contributed by atoms with Crippen molar-refractivity contribution in [1.82, 2.24) is 10.6 Å². The summed E-state index contributed by atoms with van der Waals surface area (Å²) in [5.74, 6) is -1.20. The molecule has 3 N–H and O–H groups in total. The minimum Gasteiger partial charge on any atom is -0.462 e. The van der Waals surface area contributed by atoms with Gasteiger partial charge in [0.25, 0.3) is 5.91 Å². The summed E-state index contributed by atoms with van der Waals surface area (Å²) in [6.45, 7) is 3.60. The lowest BCUT2D eigenvalue weighted by molar-refractivity contribution is -0.115. The molecule has 0 fully saturated rings. The third-order valence-corrected chi connectivity index (χ3v) is 6.51. The van der Waals surface area contributed by atoms with Crippen LogP contribution in [-0.4, -0.2) is 38.0 Å². The van der Waals surface area contributed by atoms with E-state index in [1.165, 1.54) is 7.05 Å². The van der Waals surface area contributed by atoms with Gasteiger partial charge in [-0.25, -0.2) is 4.79 Å². The predicted molar refractivity (Wildman–Crippen MR) is 134 cm³/mol. The summed E-state index contributed by atoms with van der Waals surface area (Å²) in [6, 6.07) is 19.9. The van der Waals surface area contributed by atoms with E-state index >= 15 is 0 Å². The van der Waals surface area contributed by atoms with Crippen molar-refractivity contribution < 1.29 is 19.1 Å². The predicted octanol–water partition coefficient (Wildman–Crippen LogP) is 4.10. The number of rotatable bonds is 10. The van der Waals surface area contributed by atoms with Crippen molar-refractivity contribution in [3.05, 3.63) is 87.8 Å². The zero-order valence-electron chi connectivity index (χ0n) is 19.5. The summed E-state index contributed by atoms with van der Waals surface area (Å²) < 4.78 is 5.15. The monoisotopic (exact) mass is 479 g/mol. The Kier molecular flexibility index (Phi) is 8.95. The first-order chi connectivity index (χ1) is 16.4. The van der Waals surface area contributed by atoms with E-state index < -0.39 is 5.97 Å². The number of carbonyl (C=O) groups excluding carboxylic acids is 3. The molecule has 0 spiro atoms. The fraction of sp³-hybridized carbons (Fsp3) is 0.269. The Morgan fingerprint density at radius 3 is 2.26 bits per heavy atom. The molecule has 34 heavy (non-hydrogen) atoms. The molecule has 2 amide bonds. The molecule has 0 aliphatic carbocycles. The third kappa shape index (κ3) is 6.30. The van der Waals surface area contributed by atoms with Gasteiger partial charge in [-0.2, -0.15) is 0 Å². The number of hydrogen-bond acceptors (Lipinski definition) is 6. The van der Waals surface area contributed by atoms with Gasteiger partial charge in [-0.3, -0.25) is 9.59 Å². The Morgan fingerprint density at radius 2 is 1.65 bits per heavy atom. The minimum absolute atomic E-state index is 0.0287. The van der Waals surface area contributed by atoms with Crippen LogP contribution in [0.25, 0.3) is 0 Å². The first-order valence-corrected chi connectivity index (χ1v) is 11.9. The van der Waals surface area contributed by atoms with Crippen LogP contribution in [-0.2, 0) is 16.0 Å². The number of hydrogen-bond donors (Lipinski definition) is 3. The molecule has 2 aromatic carbocycles. The van der Waals surface area contributed by atoms with Gasteiger partial charge < -0.3 is 20.7 Å².